The molecular formula is C77H136O17P2. The molecule has 0 aromatic heterocycles. The molecule has 0 saturated carbocycles. The van der Waals surface area contributed by atoms with E-state index in [1.807, 2.05) is 0 Å². The highest BCUT2D eigenvalue weighted by atomic mass is 31.2. The van der Waals surface area contributed by atoms with Crippen LogP contribution in [-0.4, -0.2) is 96.7 Å². The second kappa shape index (κ2) is 69.7. The molecule has 3 N–H and O–H groups in total. The summed E-state index contributed by atoms with van der Waals surface area (Å²) in [5.74, 6) is -2.21. The molecule has 0 spiro atoms. The molecule has 0 saturated heterocycles. The lowest BCUT2D eigenvalue weighted by atomic mass is 10.1. The van der Waals surface area contributed by atoms with Crippen LogP contribution in [0.3, 0.4) is 0 Å². The fourth-order valence-corrected chi connectivity index (χ4v) is 11.7. The van der Waals surface area contributed by atoms with Crippen LogP contribution in [0, 0.1) is 0 Å². The number of carbonyl (C=O) groups is 4. The van der Waals surface area contributed by atoms with E-state index in [0.717, 1.165) is 141 Å². The van der Waals surface area contributed by atoms with Crippen molar-refractivity contribution >= 4 is 39.5 Å². The van der Waals surface area contributed by atoms with Crippen LogP contribution < -0.4 is 0 Å². The minimum atomic E-state index is -4.98. The van der Waals surface area contributed by atoms with E-state index in [0.29, 0.717) is 25.7 Å². The molecule has 96 heavy (non-hydrogen) atoms. The normalized spacial score (nSPS) is 14.4. The van der Waals surface area contributed by atoms with Gasteiger partial charge in [-0.05, 0) is 103 Å². The molecule has 0 aliphatic heterocycles. The van der Waals surface area contributed by atoms with Crippen LogP contribution in [0.15, 0.2) is 85.1 Å². The predicted octanol–water partition coefficient (Wildman–Crippen LogP) is 21.4. The van der Waals surface area contributed by atoms with Crippen molar-refractivity contribution in [2.75, 3.05) is 39.6 Å². The maximum Gasteiger partial charge on any atom is 0.472 e. The Balaban J connectivity index is 5.34. The average molecular weight is 1400 g/mol. The van der Waals surface area contributed by atoms with E-state index in [-0.39, 0.29) is 25.7 Å². The topological polar surface area (TPSA) is 237 Å². The molecule has 19 heteroatoms. The quantitative estimate of drug-likeness (QED) is 0.0169. The van der Waals surface area contributed by atoms with Gasteiger partial charge in [-0.2, -0.15) is 0 Å². The average Bonchev–Trinajstić information content (AvgIpc) is 1.41. The lowest BCUT2D eigenvalue weighted by Crippen LogP contribution is -2.30. The summed E-state index contributed by atoms with van der Waals surface area (Å²) >= 11 is 0. The Kier molecular flexibility index (Phi) is 67.0. The molecule has 5 unspecified atom stereocenters. The number of aliphatic hydroxyl groups excluding tert-OH is 1. The van der Waals surface area contributed by atoms with E-state index >= 15 is 0 Å². The van der Waals surface area contributed by atoms with Crippen LogP contribution >= 0.6 is 15.6 Å². The van der Waals surface area contributed by atoms with Crippen molar-refractivity contribution in [2.24, 2.45) is 0 Å². The molecule has 0 aliphatic carbocycles. The number of unbranched alkanes of at least 4 members (excludes halogenated alkanes) is 31. The highest BCUT2D eigenvalue weighted by molar-refractivity contribution is 7.47. The van der Waals surface area contributed by atoms with Gasteiger partial charge in [-0.15, -0.1) is 0 Å². The van der Waals surface area contributed by atoms with Crippen LogP contribution in [0.25, 0.3) is 0 Å². The van der Waals surface area contributed by atoms with Crippen LogP contribution in [0.4, 0.5) is 0 Å². The molecule has 5 atom stereocenters. The van der Waals surface area contributed by atoms with Gasteiger partial charge in [-0.3, -0.25) is 37.3 Å². The fraction of sp³-hybridized carbons (Fsp3) is 0.766. The van der Waals surface area contributed by atoms with Crippen LogP contribution in [-0.2, 0) is 65.4 Å². The molecule has 0 bridgehead atoms. The van der Waals surface area contributed by atoms with Crippen molar-refractivity contribution in [2.45, 2.75) is 341 Å². The SMILES string of the molecule is CC/C=C\C/C=C\C/C=C\C/C=C\C/C=C\CCCCCC(=O)OCC(COP(=O)(O)OCC(O)COP(=O)(O)OCC(COC(=O)CCCCCCCCCCCCC)OC(=O)CCCCCCCCCCCCC)OC(=O)CCCCCCC/C=C\C/C=C\CCCCC. The Bertz CT molecular complexity index is 2160. The summed E-state index contributed by atoms with van der Waals surface area (Å²) in [5.41, 5.74) is 0. The first-order chi connectivity index (χ1) is 46.7. The van der Waals surface area contributed by atoms with Crippen molar-refractivity contribution in [3.05, 3.63) is 85.1 Å². The monoisotopic (exact) mass is 1390 g/mol. The smallest absolute Gasteiger partial charge is 0.462 e. The zero-order chi connectivity index (χ0) is 70.4. The predicted molar refractivity (Wildman–Crippen MR) is 390 cm³/mol. The van der Waals surface area contributed by atoms with Crippen molar-refractivity contribution in [3.8, 4) is 0 Å². The molecule has 0 aliphatic rings. The first kappa shape index (κ1) is 92.2. The number of ether oxygens (including phenoxy) is 4. The molecule has 556 valence electrons. The van der Waals surface area contributed by atoms with Gasteiger partial charge in [-0.1, -0.05) is 280 Å². The number of aliphatic hydroxyl groups is 1. The van der Waals surface area contributed by atoms with E-state index in [2.05, 4.69) is 113 Å². The third-order valence-corrected chi connectivity index (χ3v) is 17.8. The molecule has 0 aromatic rings. The number of hydrogen-bond acceptors (Lipinski definition) is 15. The highest BCUT2D eigenvalue weighted by Gasteiger charge is 2.30. The summed E-state index contributed by atoms with van der Waals surface area (Å²) in [5, 5.41) is 10.6. The van der Waals surface area contributed by atoms with Gasteiger partial charge in [0.05, 0.1) is 26.4 Å². The number of phosphoric ester groups is 2. The largest absolute Gasteiger partial charge is 0.472 e. The van der Waals surface area contributed by atoms with Gasteiger partial charge in [0, 0.05) is 25.7 Å². The van der Waals surface area contributed by atoms with Crippen LogP contribution in [0.5, 0.6) is 0 Å². The third kappa shape index (κ3) is 68.8. The van der Waals surface area contributed by atoms with Gasteiger partial charge in [0.15, 0.2) is 12.2 Å². The Labute approximate surface area is 583 Å². The summed E-state index contributed by atoms with van der Waals surface area (Å²) in [4.78, 5) is 72.7. The van der Waals surface area contributed by atoms with Crippen LogP contribution in [0.1, 0.15) is 323 Å². The van der Waals surface area contributed by atoms with Crippen molar-refractivity contribution < 1.29 is 80.2 Å². The van der Waals surface area contributed by atoms with E-state index in [1.165, 1.54) is 103 Å². The first-order valence-corrected chi connectivity index (χ1v) is 40.8. The van der Waals surface area contributed by atoms with E-state index in [4.69, 9.17) is 37.0 Å². The maximum absolute atomic E-state index is 13.1. The molecule has 0 fully saturated rings. The molecule has 0 heterocycles. The van der Waals surface area contributed by atoms with E-state index in [9.17, 15) is 43.2 Å². The summed E-state index contributed by atoms with van der Waals surface area (Å²) in [6.07, 6.45) is 70.1. The van der Waals surface area contributed by atoms with Gasteiger partial charge < -0.3 is 33.8 Å². The molecule has 0 amide bonds. The summed E-state index contributed by atoms with van der Waals surface area (Å²) < 4.78 is 68.3. The molecule has 0 rings (SSSR count). The van der Waals surface area contributed by atoms with Gasteiger partial charge in [0.1, 0.15) is 19.3 Å². The van der Waals surface area contributed by atoms with E-state index < -0.39 is 97.5 Å². The maximum atomic E-state index is 13.1. The first-order valence-electron chi connectivity index (χ1n) is 37.8. The molecule has 0 radical (unpaired) electrons. The standard InChI is InChI=1S/C77H136O17P2/c1-5-9-13-17-21-25-29-31-33-34-35-36-38-39-43-46-50-54-58-62-75(80)88-68-73(94-77(82)64-60-56-52-48-44-40-37-32-30-26-22-18-14-10-6-2)70-92-96(85,86)90-66-71(78)65-89-95(83,84)91-69-72(93-76(81)63-59-55-51-47-42-28-24-20-16-12-8-4)67-87-74(79)61-57-53-49-45-41-27-23-19-15-11-7-3/h9,13,21-22,25-26,31-33,35-37,39,43,71-73,78H,5-8,10-12,14-20,23-24,27-30,34,38,40-42,44-70H2,1-4H3,(H,83,84)(H,85,86)/b13-9-,25-21-,26-22-,33-31-,36-35-,37-32-,43-39-. The zero-order valence-corrected chi connectivity index (χ0v) is 62.3. The number of carbonyl (C=O) groups excluding carboxylic acids is 4. The minimum absolute atomic E-state index is 0.0724. The van der Waals surface area contributed by atoms with Crippen molar-refractivity contribution in [3.63, 3.8) is 0 Å². The van der Waals surface area contributed by atoms with Gasteiger partial charge in [0.2, 0.25) is 0 Å². The second-order valence-corrected chi connectivity index (χ2v) is 28.1. The van der Waals surface area contributed by atoms with Crippen molar-refractivity contribution in [1.82, 2.24) is 0 Å². The third-order valence-electron chi connectivity index (χ3n) is 15.9. The lowest BCUT2D eigenvalue weighted by Gasteiger charge is -2.21. The van der Waals surface area contributed by atoms with Gasteiger partial charge >= 0.3 is 39.5 Å². The Hall–Kier alpha value is -3.76. The van der Waals surface area contributed by atoms with Gasteiger partial charge in [0.25, 0.3) is 0 Å². The van der Waals surface area contributed by atoms with E-state index in [1.54, 1.807) is 0 Å². The zero-order valence-electron chi connectivity index (χ0n) is 60.5. The van der Waals surface area contributed by atoms with Crippen LogP contribution in [0.2, 0.25) is 0 Å². The number of hydrogen-bond donors (Lipinski definition) is 3. The molecular weight excluding hydrogens is 1260 g/mol. The molecule has 0 aromatic carbocycles. The summed E-state index contributed by atoms with van der Waals surface area (Å²) in [6.45, 7) is 4.69. The van der Waals surface area contributed by atoms with Gasteiger partial charge in [-0.25, -0.2) is 9.13 Å². The number of allylic oxidation sites excluding steroid dienone is 14. The fourth-order valence-electron chi connectivity index (χ4n) is 10.1. The molecule has 17 nitrogen and oxygen atoms in total. The highest BCUT2D eigenvalue weighted by Crippen LogP contribution is 2.45. The minimum Gasteiger partial charge on any atom is -0.462 e. The second-order valence-electron chi connectivity index (χ2n) is 25.2. The number of esters is 4. The summed E-state index contributed by atoms with van der Waals surface area (Å²) in [6, 6.07) is 0. The number of rotatable bonds is 71. The van der Waals surface area contributed by atoms with Crippen molar-refractivity contribution in [1.29, 1.82) is 0 Å². The lowest BCUT2D eigenvalue weighted by molar-refractivity contribution is -0.161. The Morgan fingerprint density at radius 2 is 0.542 bits per heavy atom. The Morgan fingerprint density at radius 1 is 0.302 bits per heavy atom. The summed E-state index contributed by atoms with van der Waals surface area (Å²) in [7, 11) is -9.94. The number of phosphoric acid groups is 2. The Morgan fingerprint density at radius 3 is 0.865 bits per heavy atom.